The number of aliphatic hydroxyl groups excluding tert-OH is 1. The summed E-state index contributed by atoms with van der Waals surface area (Å²) in [6.07, 6.45) is 4.04. The maximum atomic E-state index is 11.8. The van der Waals surface area contributed by atoms with Gasteiger partial charge in [0, 0.05) is 24.7 Å². The van der Waals surface area contributed by atoms with E-state index in [0.717, 1.165) is 23.5 Å². The van der Waals surface area contributed by atoms with Crippen LogP contribution in [0.2, 0.25) is 0 Å². The molecule has 0 spiro atoms. The molecule has 7 heteroatoms. The first-order chi connectivity index (χ1) is 9.19. The molecule has 0 unspecified atom stereocenters. The van der Waals surface area contributed by atoms with Crippen LogP contribution >= 0.6 is 11.3 Å². The highest BCUT2D eigenvalue weighted by Gasteiger charge is 2.24. The molecule has 1 aliphatic rings. The molecular weight excluding hydrogens is 264 g/mol. The largest absolute Gasteiger partial charge is 0.390 e. The molecule has 2 aromatic heterocycles. The van der Waals surface area contributed by atoms with Crippen molar-refractivity contribution in [1.82, 2.24) is 14.7 Å². The van der Waals surface area contributed by atoms with Crippen LogP contribution in [0, 0.1) is 0 Å². The normalized spacial score (nSPS) is 14.8. The van der Waals surface area contributed by atoms with Gasteiger partial charge in [-0.2, -0.15) is 0 Å². The van der Waals surface area contributed by atoms with Crippen molar-refractivity contribution >= 4 is 28.0 Å². The van der Waals surface area contributed by atoms with Gasteiger partial charge >= 0.3 is 0 Å². The van der Waals surface area contributed by atoms with E-state index in [-0.39, 0.29) is 19.1 Å². The molecule has 1 aliphatic carbocycles. The van der Waals surface area contributed by atoms with E-state index < -0.39 is 0 Å². The standard InChI is InChI=1S/C12H16N4O2S/c1-15(6-10(18)13-8-2-3-8)11-9(7-17)16-4-5-19-12(16)14-11/h4-5,8,17H,2-3,6-7H2,1H3,(H,13,18). The van der Waals surface area contributed by atoms with Gasteiger partial charge in [0.15, 0.2) is 10.8 Å². The number of imidazole rings is 1. The second-order valence-corrected chi connectivity index (χ2v) is 5.67. The number of likely N-dealkylation sites (N-methyl/N-ethyl adjacent to an activating group) is 1. The molecule has 3 rings (SSSR count). The van der Waals surface area contributed by atoms with Crippen molar-refractivity contribution in [2.45, 2.75) is 25.5 Å². The molecule has 2 N–H and O–H groups in total. The number of aliphatic hydroxyl groups is 1. The van der Waals surface area contributed by atoms with Crippen molar-refractivity contribution in [1.29, 1.82) is 0 Å². The third kappa shape index (κ3) is 2.43. The number of anilines is 1. The van der Waals surface area contributed by atoms with Crippen molar-refractivity contribution in [3.8, 4) is 0 Å². The van der Waals surface area contributed by atoms with Crippen LogP contribution in [0.5, 0.6) is 0 Å². The summed E-state index contributed by atoms with van der Waals surface area (Å²) in [7, 11) is 1.82. The summed E-state index contributed by atoms with van der Waals surface area (Å²) in [4.78, 5) is 18.8. The van der Waals surface area contributed by atoms with E-state index in [1.807, 2.05) is 23.0 Å². The number of hydrogen-bond donors (Lipinski definition) is 2. The van der Waals surface area contributed by atoms with E-state index >= 15 is 0 Å². The van der Waals surface area contributed by atoms with Crippen LogP contribution in [0.15, 0.2) is 11.6 Å². The van der Waals surface area contributed by atoms with Crippen molar-refractivity contribution in [2.75, 3.05) is 18.5 Å². The Hall–Kier alpha value is -1.60. The van der Waals surface area contributed by atoms with E-state index in [0.29, 0.717) is 11.9 Å². The minimum Gasteiger partial charge on any atom is -0.390 e. The third-order valence-electron chi connectivity index (χ3n) is 3.17. The van der Waals surface area contributed by atoms with Crippen molar-refractivity contribution in [3.63, 3.8) is 0 Å². The van der Waals surface area contributed by atoms with E-state index in [9.17, 15) is 9.90 Å². The van der Waals surface area contributed by atoms with Crippen LogP contribution in [0.4, 0.5) is 5.82 Å². The van der Waals surface area contributed by atoms with Crippen molar-refractivity contribution in [2.24, 2.45) is 0 Å². The zero-order chi connectivity index (χ0) is 13.4. The summed E-state index contributed by atoms with van der Waals surface area (Å²) in [5.74, 6) is 0.672. The van der Waals surface area contributed by atoms with Gasteiger partial charge in [-0.25, -0.2) is 4.98 Å². The number of fused-ring (bicyclic) bond motifs is 1. The highest BCUT2D eigenvalue weighted by Crippen LogP contribution is 2.24. The van der Waals surface area contributed by atoms with Crippen LogP contribution in [0.3, 0.4) is 0 Å². The van der Waals surface area contributed by atoms with Gasteiger partial charge in [0.05, 0.1) is 18.8 Å². The summed E-state index contributed by atoms with van der Waals surface area (Å²) in [6.45, 7) is 0.163. The average molecular weight is 280 g/mol. The molecule has 6 nitrogen and oxygen atoms in total. The third-order valence-corrected chi connectivity index (χ3v) is 3.93. The maximum Gasteiger partial charge on any atom is 0.239 e. The number of carbonyl (C=O) groups excluding carboxylic acids is 1. The fourth-order valence-electron chi connectivity index (χ4n) is 2.07. The molecule has 2 heterocycles. The zero-order valence-electron chi connectivity index (χ0n) is 10.7. The number of amides is 1. The topological polar surface area (TPSA) is 69.9 Å². The maximum absolute atomic E-state index is 11.8. The van der Waals surface area contributed by atoms with Gasteiger partial charge < -0.3 is 15.3 Å². The fraction of sp³-hybridized carbons (Fsp3) is 0.500. The SMILES string of the molecule is CN(CC(=O)NC1CC1)c1nc2sccn2c1CO. The molecule has 1 saturated carbocycles. The van der Waals surface area contributed by atoms with Gasteiger partial charge in [-0.05, 0) is 12.8 Å². The number of thiazole rings is 1. The number of rotatable bonds is 5. The minimum absolute atomic E-state index is 0.00486. The summed E-state index contributed by atoms with van der Waals surface area (Å²) in [6, 6.07) is 0.365. The highest BCUT2D eigenvalue weighted by atomic mass is 32.1. The van der Waals surface area contributed by atoms with Crippen molar-refractivity contribution < 1.29 is 9.90 Å². The highest BCUT2D eigenvalue weighted by molar-refractivity contribution is 7.15. The van der Waals surface area contributed by atoms with Gasteiger partial charge in [0.2, 0.25) is 5.91 Å². The monoisotopic (exact) mass is 280 g/mol. The van der Waals surface area contributed by atoms with Gasteiger partial charge in [-0.1, -0.05) is 0 Å². The first-order valence-corrected chi connectivity index (χ1v) is 7.13. The Balaban J connectivity index is 1.77. The Kier molecular flexibility index (Phi) is 3.16. The first kappa shape index (κ1) is 12.4. The number of nitrogens with zero attached hydrogens (tertiary/aromatic N) is 3. The minimum atomic E-state index is -0.0954. The first-order valence-electron chi connectivity index (χ1n) is 6.25. The Morgan fingerprint density at radius 3 is 3.16 bits per heavy atom. The lowest BCUT2D eigenvalue weighted by Crippen LogP contribution is -2.36. The molecule has 0 aliphatic heterocycles. The van der Waals surface area contributed by atoms with E-state index in [1.165, 1.54) is 11.3 Å². The summed E-state index contributed by atoms with van der Waals surface area (Å²) >= 11 is 1.51. The molecule has 0 atom stereocenters. The van der Waals surface area contributed by atoms with Gasteiger partial charge in [0.1, 0.15) is 0 Å². The van der Waals surface area contributed by atoms with Gasteiger partial charge in [-0.15, -0.1) is 11.3 Å². The Bertz CT molecular complexity index is 602. The second-order valence-electron chi connectivity index (χ2n) is 4.79. The zero-order valence-corrected chi connectivity index (χ0v) is 11.5. The Morgan fingerprint density at radius 1 is 1.68 bits per heavy atom. The van der Waals surface area contributed by atoms with Crippen LogP contribution in [-0.2, 0) is 11.4 Å². The summed E-state index contributed by atoms with van der Waals surface area (Å²) in [5, 5.41) is 14.3. The number of hydrogen-bond acceptors (Lipinski definition) is 5. The number of aromatic nitrogens is 2. The van der Waals surface area contributed by atoms with Crippen LogP contribution in [0.25, 0.3) is 4.96 Å². The Morgan fingerprint density at radius 2 is 2.47 bits per heavy atom. The van der Waals surface area contributed by atoms with E-state index in [4.69, 9.17) is 0 Å². The molecule has 19 heavy (non-hydrogen) atoms. The quantitative estimate of drug-likeness (QED) is 0.841. The lowest BCUT2D eigenvalue weighted by molar-refractivity contribution is -0.119. The van der Waals surface area contributed by atoms with Crippen LogP contribution < -0.4 is 10.2 Å². The molecule has 2 aromatic rings. The molecule has 0 aromatic carbocycles. The van der Waals surface area contributed by atoms with Crippen LogP contribution in [-0.4, -0.2) is 40.0 Å². The van der Waals surface area contributed by atoms with Crippen LogP contribution in [0.1, 0.15) is 18.5 Å². The smallest absolute Gasteiger partial charge is 0.239 e. The summed E-state index contributed by atoms with van der Waals surface area (Å²) < 4.78 is 1.86. The summed E-state index contributed by atoms with van der Waals surface area (Å²) in [5.41, 5.74) is 0.720. The fourth-order valence-corrected chi connectivity index (χ4v) is 2.79. The van der Waals surface area contributed by atoms with Crippen molar-refractivity contribution in [3.05, 3.63) is 17.3 Å². The molecule has 1 fully saturated rings. The molecule has 0 radical (unpaired) electrons. The molecule has 1 amide bonds. The lowest BCUT2D eigenvalue weighted by atomic mass is 10.4. The molecule has 0 bridgehead atoms. The van der Waals surface area contributed by atoms with Gasteiger partial charge in [-0.3, -0.25) is 9.20 Å². The number of carbonyl (C=O) groups is 1. The van der Waals surface area contributed by atoms with Gasteiger partial charge in [0.25, 0.3) is 0 Å². The predicted molar refractivity (Wildman–Crippen MR) is 73.4 cm³/mol. The average Bonchev–Trinajstić information content (AvgIpc) is 2.93. The second kappa shape index (κ2) is 4.82. The molecule has 0 saturated heterocycles. The number of nitrogens with one attached hydrogen (secondary N) is 1. The lowest BCUT2D eigenvalue weighted by Gasteiger charge is -2.17. The molecular formula is C12H16N4O2S. The molecule has 102 valence electrons. The Labute approximate surface area is 114 Å². The van der Waals surface area contributed by atoms with E-state index in [1.54, 1.807) is 4.90 Å². The van der Waals surface area contributed by atoms with E-state index in [2.05, 4.69) is 10.3 Å². The predicted octanol–water partition coefficient (Wildman–Crippen LogP) is 0.603.